The molecule has 1 heterocycles. The molecule has 0 amide bonds. The Balaban J connectivity index is 2.27. The zero-order valence-corrected chi connectivity index (χ0v) is 9.13. The number of carboxylic acids is 1. The van der Waals surface area contributed by atoms with Gasteiger partial charge in [-0.3, -0.25) is 4.79 Å². The number of nitrogens with one attached hydrogen (secondary N) is 1. The van der Waals surface area contributed by atoms with Gasteiger partial charge >= 0.3 is 11.8 Å². The van der Waals surface area contributed by atoms with Gasteiger partial charge in [0.1, 0.15) is 0 Å². The van der Waals surface area contributed by atoms with Crippen molar-refractivity contribution in [2.24, 2.45) is 0 Å². The lowest BCUT2D eigenvalue weighted by Crippen LogP contribution is -2.03. The van der Waals surface area contributed by atoms with Crippen LogP contribution in [0.5, 0.6) is 0 Å². The highest BCUT2D eigenvalue weighted by Crippen LogP contribution is 2.11. The SMILES string of the molecule is O=C(O)CCCCNc1ccc([N+](=O)[O-])nc1. The van der Waals surface area contributed by atoms with E-state index in [0.29, 0.717) is 18.7 Å². The molecule has 1 aromatic heterocycles. The second kappa shape index (κ2) is 6.41. The molecule has 2 N–H and O–H groups in total. The van der Waals surface area contributed by atoms with E-state index in [1.165, 1.54) is 12.3 Å². The van der Waals surface area contributed by atoms with Crippen molar-refractivity contribution >= 4 is 17.5 Å². The number of hydrogen-bond acceptors (Lipinski definition) is 5. The molecule has 1 aromatic rings. The van der Waals surface area contributed by atoms with Crippen molar-refractivity contribution in [3.63, 3.8) is 0 Å². The summed E-state index contributed by atoms with van der Waals surface area (Å²) in [6, 6.07) is 2.89. The van der Waals surface area contributed by atoms with Crippen LogP contribution in [0.4, 0.5) is 11.5 Å². The van der Waals surface area contributed by atoms with Crippen molar-refractivity contribution in [3.05, 3.63) is 28.4 Å². The molecule has 0 fully saturated rings. The molecular formula is C10H13N3O4. The first-order valence-corrected chi connectivity index (χ1v) is 5.15. The molecule has 7 heteroatoms. The maximum absolute atomic E-state index is 10.3. The minimum atomic E-state index is -0.804. The first-order valence-electron chi connectivity index (χ1n) is 5.15. The number of nitrogens with zero attached hydrogens (tertiary/aromatic N) is 2. The number of aliphatic carboxylic acids is 1. The van der Waals surface area contributed by atoms with Crippen LogP contribution in [-0.2, 0) is 4.79 Å². The van der Waals surface area contributed by atoms with Crippen molar-refractivity contribution in [2.75, 3.05) is 11.9 Å². The molecule has 0 aromatic carbocycles. The van der Waals surface area contributed by atoms with Crippen LogP contribution < -0.4 is 5.32 Å². The van der Waals surface area contributed by atoms with E-state index in [0.717, 1.165) is 6.42 Å². The Kier molecular flexibility index (Phi) is 4.86. The summed E-state index contributed by atoms with van der Waals surface area (Å²) in [4.78, 5) is 23.7. The third kappa shape index (κ3) is 4.92. The Morgan fingerprint density at radius 2 is 2.24 bits per heavy atom. The lowest BCUT2D eigenvalue weighted by Gasteiger charge is -2.03. The van der Waals surface area contributed by atoms with Crippen molar-refractivity contribution < 1.29 is 14.8 Å². The molecule has 0 unspecified atom stereocenters. The third-order valence-corrected chi connectivity index (χ3v) is 2.08. The van der Waals surface area contributed by atoms with E-state index in [1.807, 2.05) is 0 Å². The summed E-state index contributed by atoms with van der Waals surface area (Å²) in [5.41, 5.74) is 0.686. The van der Waals surface area contributed by atoms with Crippen molar-refractivity contribution in [2.45, 2.75) is 19.3 Å². The van der Waals surface area contributed by atoms with Crippen LogP contribution >= 0.6 is 0 Å². The van der Waals surface area contributed by atoms with E-state index in [4.69, 9.17) is 5.11 Å². The molecule has 0 aliphatic heterocycles. The highest BCUT2D eigenvalue weighted by molar-refractivity contribution is 5.66. The highest BCUT2D eigenvalue weighted by atomic mass is 16.6. The number of hydrogen-bond donors (Lipinski definition) is 2. The lowest BCUT2D eigenvalue weighted by molar-refractivity contribution is -0.389. The van der Waals surface area contributed by atoms with Gasteiger partial charge in [0, 0.05) is 19.0 Å². The van der Waals surface area contributed by atoms with E-state index in [-0.39, 0.29) is 12.2 Å². The first kappa shape index (κ1) is 12.9. The molecule has 17 heavy (non-hydrogen) atoms. The largest absolute Gasteiger partial charge is 0.481 e. The molecular weight excluding hydrogens is 226 g/mol. The topological polar surface area (TPSA) is 105 Å². The molecule has 0 atom stereocenters. The summed E-state index contributed by atoms with van der Waals surface area (Å²) in [5, 5.41) is 21.8. The van der Waals surface area contributed by atoms with Gasteiger partial charge in [-0.25, -0.2) is 0 Å². The monoisotopic (exact) mass is 239 g/mol. The Morgan fingerprint density at radius 3 is 2.76 bits per heavy atom. The number of carboxylic acid groups (broad SMARTS) is 1. The van der Waals surface area contributed by atoms with Crippen molar-refractivity contribution in [1.29, 1.82) is 0 Å². The Morgan fingerprint density at radius 1 is 1.47 bits per heavy atom. The van der Waals surface area contributed by atoms with Crippen LogP contribution in [-0.4, -0.2) is 27.5 Å². The zero-order valence-electron chi connectivity index (χ0n) is 9.13. The van der Waals surface area contributed by atoms with Gasteiger partial charge in [-0.05, 0) is 28.8 Å². The quantitative estimate of drug-likeness (QED) is 0.426. The molecule has 92 valence electrons. The molecule has 0 spiro atoms. The molecule has 0 saturated carbocycles. The van der Waals surface area contributed by atoms with Crippen molar-refractivity contribution in [1.82, 2.24) is 4.98 Å². The molecule has 0 saturated heterocycles. The molecule has 7 nitrogen and oxygen atoms in total. The zero-order chi connectivity index (χ0) is 12.7. The summed E-state index contributed by atoms with van der Waals surface area (Å²) >= 11 is 0. The van der Waals surface area contributed by atoms with E-state index in [1.54, 1.807) is 6.07 Å². The fourth-order valence-electron chi connectivity index (χ4n) is 1.23. The molecule has 1 rings (SSSR count). The average molecular weight is 239 g/mol. The molecule has 0 bridgehead atoms. The van der Waals surface area contributed by atoms with Crippen LogP contribution in [0, 0.1) is 10.1 Å². The highest BCUT2D eigenvalue weighted by Gasteiger charge is 2.05. The Hall–Kier alpha value is -2.18. The Bertz CT molecular complexity index is 391. The number of aromatic nitrogens is 1. The second-order valence-electron chi connectivity index (χ2n) is 3.44. The summed E-state index contributed by atoms with van der Waals surface area (Å²) in [5.74, 6) is -0.997. The van der Waals surface area contributed by atoms with E-state index in [2.05, 4.69) is 10.3 Å². The van der Waals surface area contributed by atoms with Crippen molar-refractivity contribution in [3.8, 4) is 0 Å². The molecule has 0 aliphatic rings. The second-order valence-corrected chi connectivity index (χ2v) is 3.44. The summed E-state index contributed by atoms with van der Waals surface area (Å²) in [6.07, 6.45) is 2.86. The van der Waals surface area contributed by atoms with E-state index >= 15 is 0 Å². The van der Waals surface area contributed by atoms with Crippen LogP contribution in [0.25, 0.3) is 0 Å². The van der Waals surface area contributed by atoms with Gasteiger partial charge in [0.25, 0.3) is 0 Å². The van der Waals surface area contributed by atoms with Gasteiger partial charge in [0.05, 0.1) is 5.69 Å². The standard InChI is InChI=1S/C10H13N3O4/c14-10(15)3-1-2-6-11-8-4-5-9(12-7-8)13(16)17/h4-5,7,11H,1-3,6H2,(H,14,15). The van der Waals surface area contributed by atoms with Gasteiger partial charge in [-0.2, -0.15) is 0 Å². The normalized spacial score (nSPS) is 9.88. The summed E-state index contributed by atoms with van der Waals surface area (Å²) in [7, 11) is 0. The number of pyridine rings is 1. The summed E-state index contributed by atoms with van der Waals surface area (Å²) < 4.78 is 0. The smallest absolute Gasteiger partial charge is 0.363 e. The van der Waals surface area contributed by atoms with Gasteiger partial charge < -0.3 is 20.5 Å². The lowest BCUT2D eigenvalue weighted by atomic mass is 10.2. The predicted molar refractivity (Wildman–Crippen MR) is 60.9 cm³/mol. The summed E-state index contributed by atoms with van der Waals surface area (Å²) in [6.45, 7) is 0.618. The minimum Gasteiger partial charge on any atom is -0.481 e. The maximum atomic E-state index is 10.3. The number of rotatable bonds is 7. The van der Waals surface area contributed by atoms with Gasteiger partial charge in [-0.1, -0.05) is 0 Å². The molecule has 0 radical (unpaired) electrons. The van der Waals surface area contributed by atoms with Gasteiger partial charge in [-0.15, -0.1) is 0 Å². The van der Waals surface area contributed by atoms with Crippen LogP contribution in [0.15, 0.2) is 18.3 Å². The maximum Gasteiger partial charge on any atom is 0.363 e. The average Bonchev–Trinajstić information content (AvgIpc) is 2.29. The number of carbonyl (C=O) groups is 1. The fraction of sp³-hybridized carbons (Fsp3) is 0.400. The van der Waals surface area contributed by atoms with Gasteiger partial charge in [0.15, 0.2) is 6.20 Å². The first-order chi connectivity index (χ1) is 8.09. The van der Waals surface area contributed by atoms with E-state index < -0.39 is 10.9 Å². The molecule has 0 aliphatic carbocycles. The van der Waals surface area contributed by atoms with Crippen LogP contribution in [0.2, 0.25) is 0 Å². The van der Waals surface area contributed by atoms with Crippen LogP contribution in [0.1, 0.15) is 19.3 Å². The number of unbranched alkanes of at least 4 members (excludes halogenated alkanes) is 1. The Labute approximate surface area is 97.6 Å². The van der Waals surface area contributed by atoms with E-state index in [9.17, 15) is 14.9 Å². The predicted octanol–water partition coefficient (Wildman–Crippen LogP) is 1.66. The number of anilines is 1. The minimum absolute atomic E-state index is 0.153. The third-order valence-electron chi connectivity index (χ3n) is 2.08. The van der Waals surface area contributed by atoms with Gasteiger partial charge in [0.2, 0.25) is 0 Å². The number of nitro groups is 1. The fourth-order valence-corrected chi connectivity index (χ4v) is 1.23. The van der Waals surface area contributed by atoms with Crippen LogP contribution in [0.3, 0.4) is 0 Å².